The lowest BCUT2D eigenvalue weighted by molar-refractivity contribution is 0.270. The molecule has 20 heavy (non-hydrogen) atoms. The second kappa shape index (κ2) is 7.53. The lowest BCUT2D eigenvalue weighted by Crippen LogP contribution is -2.33. The van der Waals surface area contributed by atoms with Gasteiger partial charge >= 0.3 is 0 Å². The number of hydrogen-bond donors (Lipinski definition) is 1. The molecule has 0 heterocycles. The van der Waals surface area contributed by atoms with Crippen LogP contribution in [0.2, 0.25) is 10.0 Å². The van der Waals surface area contributed by atoms with Crippen LogP contribution in [0.3, 0.4) is 0 Å². The fourth-order valence-electron chi connectivity index (χ4n) is 1.95. The molecule has 2 rings (SSSR count). The average Bonchev–Trinajstić information content (AvgIpc) is 2.43. The highest BCUT2D eigenvalue weighted by Gasteiger charge is 2.09. The van der Waals surface area contributed by atoms with E-state index >= 15 is 0 Å². The van der Waals surface area contributed by atoms with Gasteiger partial charge in [-0.3, -0.25) is 0 Å². The van der Waals surface area contributed by atoms with Crippen molar-refractivity contribution in [2.75, 3.05) is 13.7 Å². The fourth-order valence-corrected chi connectivity index (χ4v) is 2.34. The first-order valence-electron chi connectivity index (χ1n) is 6.47. The van der Waals surface area contributed by atoms with E-state index in [-0.39, 0.29) is 6.04 Å². The predicted molar refractivity (Wildman–Crippen MR) is 85.0 cm³/mol. The molecule has 2 nitrogen and oxygen atoms in total. The summed E-state index contributed by atoms with van der Waals surface area (Å²) in [4.78, 5) is 0. The van der Waals surface area contributed by atoms with Crippen molar-refractivity contribution in [1.29, 1.82) is 0 Å². The maximum absolute atomic E-state index is 6.00. The first-order chi connectivity index (χ1) is 9.67. The minimum atomic E-state index is 0.215. The molecule has 0 saturated carbocycles. The molecule has 0 aliphatic heterocycles. The SMILES string of the molecule is CNC(COc1cccc(Cl)c1)Cc1cccc(Cl)c1. The molecule has 0 spiro atoms. The summed E-state index contributed by atoms with van der Waals surface area (Å²) in [5.74, 6) is 0.781. The van der Waals surface area contributed by atoms with Crippen molar-refractivity contribution in [3.63, 3.8) is 0 Å². The molecule has 0 fully saturated rings. The van der Waals surface area contributed by atoms with Crippen LogP contribution in [0.15, 0.2) is 48.5 Å². The van der Waals surface area contributed by atoms with E-state index < -0.39 is 0 Å². The third-order valence-electron chi connectivity index (χ3n) is 3.03. The molecule has 0 amide bonds. The van der Waals surface area contributed by atoms with Gasteiger partial charge in [0.2, 0.25) is 0 Å². The monoisotopic (exact) mass is 309 g/mol. The number of likely N-dealkylation sites (N-methyl/N-ethyl adjacent to an activating group) is 1. The lowest BCUT2D eigenvalue weighted by Gasteiger charge is -2.17. The van der Waals surface area contributed by atoms with Crippen LogP contribution in [0.4, 0.5) is 0 Å². The first kappa shape index (κ1) is 15.2. The Kier molecular flexibility index (Phi) is 5.72. The Hall–Kier alpha value is -1.22. The van der Waals surface area contributed by atoms with Gasteiger partial charge in [-0.05, 0) is 49.4 Å². The molecular weight excluding hydrogens is 293 g/mol. The average molecular weight is 310 g/mol. The van der Waals surface area contributed by atoms with E-state index in [4.69, 9.17) is 27.9 Å². The van der Waals surface area contributed by atoms with Gasteiger partial charge in [-0.15, -0.1) is 0 Å². The van der Waals surface area contributed by atoms with E-state index in [0.717, 1.165) is 17.2 Å². The molecule has 4 heteroatoms. The zero-order valence-electron chi connectivity index (χ0n) is 11.3. The topological polar surface area (TPSA) is 21.3 Å². The van der Waals surface area contributed by atoms with Crippen LogP contribution in [-0.2, 0) is 6.42 Å². The highest BCUT2D eigenvalue weighted by molar-refractivity contribution is 6.30. The molecule has 0 aliphatic carbocycles. The molecule has 1 unspecified atom stereocenters. The first-order valence-corrected chi connectivity index (χ1v) is 7.23. The van der Waals surface area contributed by atoms with Crippen LogP contribution in [-0.4, -0.2) is 19.7 Å². The second-order valence-electron chi connectivity index (χ2n) is 4.59. The molecule has 0 radical (unpaired) electrons. The Morgan fingerprint density at radius 2 is 1.75 bits per heavy atom. The van der Waals surface area contributed by atoms with Gasteiger partial charge in [0.1, 0.15) is 12.4 Å². The quantitative estimate of drug-likeness (QED) is 0.863. The molecular formula is C16H17Cl2NO. The van der Waals surface area contributed by atoms with Crippen LogP contribution in [0.5, 0.6) is 5.75 Å². The van der Waals surface area contributed by atoms with Crippen molar-refractivity contribution in [1.82, 2.24) is 5.32 Å². The largest absolute Gasteiger partial charge is 0.492 e. The Morgan fingerprint density at radius 1 is 1.05 bits per heavy atom. The van der Waals surface area contributed by atoms with Crippen LogP contribution >= 0.6 is 23.2 Å². The van der Waals surface area contributed by atoms with Gasteiger partial charge < -0.3 is 10.1 Å². The smallest absolute Gasteiger partial charge is 0.120 e. The lowest BCUT2D eigenvalue weighted by atomic mass is 10.1. The molecule has 0 saturated heterocycles. The molecule has 0 bridgehead atoms. The summed E-state index contributed by atoms with van der Waals surface area (Å²) in [6.45, 7) is 0.573. The maximum atomic E-state index is 6.00. The van der Waals surface area contributed by atoms with E-state index in [9.17, 15) is 0 Å². The molecule has 0 aliphatic rings. The van der Waals surface area contributed by atoms with Crippen molar-refractivity contribution in [3.05, 3.63) is 64.1 Å². The Labute approximate surface area is 129 Å². The van der Waals surface area contributed by atoms with Crippen LogP contribution in [0.1, 0.15) is 5.56 Å². The van der Waals surface area contributed by atoms with Gasteiger partial charge in [-0.2, -0.15) is 0 Å². The van der Waals surface area contributed by atoms with Crippen molar-refractivity contribution < 1.29 is 4.74 Å². The highest BCUT2D eigenvalue weighted by Crippen LogP contribution is 2.18. The zero-order valence-corrected chi connectivity index (χ0v) is 12.8. The van der Waals surface area contributed by atoms with Gasteiger partial charge in [-0.1, -0.05) is 41.4 Å². The number of nitrogens with one attached hydrogen (secondary N) is 1. The Balaban J connectivity index is 1.92. The highest BCUT2D eigenvalue weighted by atomic mass is 35.5. The second-order valence-corrected chi connectivity index (χ2v) is 5.46. The third-order valence-corrected chi connectivity index (χ3v) is 3.50. The van der Waals surface area contributed by atoms with Gasteiger partial charge in [0.15, 0.2) is 0 Å². The molecule has 1 N–H and O–H groups in total. The summed E-state index contributed by atoms with van der Waals surface area (Å²) < 4.78 is 5.76. The molecule has 2 aromatic carbocycles. The summed E-state index contributed by atoms with van der Waals surface area (Å²) in [5.41, 5.74) is 1.19. The van der Waals surface area contributed by atoms with Gasteiger partial charge in [0.25, 0.3) is 0 Å². The zero-order chi connectivity index (χ0) is 14.4. The number of ether oxygens (including phenoxy) is 1. The number of rotatable bonds is 6. The summed E-state index contributed by atoms with van der Waals surface area (Å²) in [5, 5.41) is 4.69. The summed E-state index contributed by atoms with van der Waals surface area (Å²) >= 11 is 11.9. The van der Waals surface area contributed by atoms with E-state index in [1.165, 1.54) is 5.56 Å². The van der Waals surface area contributed by atoms with E-state index in [1.54, 1.807) is 0 Å². The molecule has 0 aromatic heterocycles. The number of halogens is 2. The van der Waals surface area contributed by atoms with Crippen molar-refractivity contribution in [2.24, 2.45) is 0 Å². The van der Waals surface area contributed by atoms with E-state index in [2.05, 4.69) is 11.4 Å². The van der Waals surface area contributed by atoms with Crippen LogP contribution in [0.25, 0.3) is 0 Å². The third kappa shape index (κ3) is 4.71. The summed E-state index contributed by atoms with van der Waals surface area (Å²) in [6, 6.07) is 15.5. The molecule has 106 valence electrons. The maximum Gasteiger partial charge on any atom is 0.120 e. The number of benzene rings is 2. The Morgan fingerprint density at radius 3 is 2.40 bits per heavy atom. The van der Waals surface area contributed by atoms with Crippen LogP contribution < -0.4 is 10.1 Å². The number of hydrogen-bond acceptors (Lipinski definition) is 2. The minimum Gasteiger partial charge on any atom is -0.492 e. The normalized spacial score (nSPS) is 12.2. The van der Waals surface area contributed by atoms with E-state index in [0.29, 0.717) is 11.6 Å². The van der Waals surface area contributed by atoms with Gasteiger partial charge in [0.05, 0.1) is 0 Å². The minimum absolute atomic E-state index is 0.215. The van der Waals surface area contributed by atoms with Crippen molar-refractivity contribution in [2.45, 2.75) is 12.5 Å². The Bertz CT molecular complexity index is 560. The van der Waals surface area contributed by atoms with Crippen LogP contribution in [0, 0.1) is 0 Å². The van der Waals surface area contributed by atoms with E-state index in [1.807, 2.05) is 49.5 Å². The molecule has 2 aromatic rings. The van der Waals surface area contributed by atoms with Crippen molar-refractivity contribution >= 4 is 23.2 Å². The fraction of sp³-hybridized carbons (Fsp3) is 0.250. The standard InChI is InChI=1S/C16H17Cl2NO/c1-19-15(9-12-4-2-5-13(17)8-12)11-20-16-7-3-6-14(18)10-16/h2-8,10,15,19H,9,11H2,1H3. The summed E-state index contributed by atoms with van der Waals surface area (Å²) in [6.07, 6.45) is 0.859. The summed E-state index contributed by atoms with van der Waals surface area (Å²) in [7, 11) is 1.93. The van der Waals surface area contributed by atoms with Gasteiger partial charge in [0, 0.05) is 16.1 Å². The predicted octanol–water partition coefficient (Wildman–Crippen LogP) is 4.20. The molecule has 1 atom stereocenters. The van der Waals surface area contributed by atoms with Crippen molar-refractivity contribution in [3.8, 4) is 5.75 Å². The van der Waals surface area contributed by atoms with Gasteiger partial charge in [-0.25, -0.2) is 0 Å².